The number of nitrogens with zero attached hydrogens (tertiary/aromatic N) is 3. The molecular formula is C13H15N7. The van der Waals surface area contributed by atoms with Gasteiger partial charge in [-0.1, -0.05) is 0 Å². The third kappa shape index (κ3) is 3.34. The molecule has 2 rings (SSSR count). The Balaban J connectivity index is 2.14. The van der Waals surface area contributed by atoms with Crippen molar-refractivity contribution in [2.24, 2.45) is 5.73 Å². The fourth-order valence-electron chi connectivity index (χ4n) is 1.49. The number of terminal acetylenes is 1. The molecule has 0 aliphatic carbocycles. The van der Waals surface area contributed by atoms with Gasteiger partial charge in [0, 0.05) is 19.2 Å². The lowest BCUT2D eigenvalue weighted by Crippen LogP contribution is -2.14. The third-order valence-corrected chi connectivity index (χ3v) is 2.45. The number of aromatic nitrogens is 3. The van der Waals surface area contributed by atoms with Crippen LogP contribution in [0.5, 0.6) is 0 Å². The molecule has 0 saturated carbocycles. The van der Waals surface area contributed by atoms with E-state index < -0.39 is 0 Å². The predicted molar refractivity (Wildman–Crippen MR) is 79.4 cm³/mol. The normalized spacial score (nSPS) is 9.80. The first-order valence-corrected chi connectivity index (χ1v) is 5.98. The highest BCUT2D eigenvalue weighted by Gasteiger charge is 2.03. The molecule has 20 heavy (non-hydrogen) atoms. The summed E-state index contributed by atoms with van der Waals surface area (Å²) < 4.78 is 0. The van der Waals surface area contributed by atoms with Gasteiger partial charge in [-0.25, -0.2) is 15.0 Å². The van der Waals surface area contributed by atoms with Crippen LogP contribution in [0.1, 0.15) is 5.69 Å². The summed E-state index contributed by atoms with van der Waals surface area (Å²) in [5.74, 6) is 3.55. The highest BCUT2D eigenvalue weighted by atomic mass is 15.1. The van der Waals surface area contributed by atoms with Crippen molar-refractivity contribution in [2.45, 2.75) is 0 Å². The number of pyridine rings is 1. The molecular weight excluding hydrogens is 254 g/mol. The molecule has 0 unspecified atom stereocenters. The van der Waals surface area contributed by atoms with Crippen LogP contribution in [0.25, 0.3) is 0 Å². The lowest BCUT2D eigenvalue weighted by atomic mass is 10.3. The Morgan fingerprint density at radius 1 is 1.15 bits per heavy atom. The van der Waals surface area contributed by atoms with E-state index in [1.807, 2.05) is 0 Å². The zero-order chi connectivity index (χ0) is 14.4. The van der Waals surface area contributed by atoms with Crippen LogP contribution in [0.4, 0.5) is 23.0 Å². The molecule has 7 nitrogen and oxygen atoms in total. The zero-order valence-electron chi connectivity index (χ0n) is 10.8. The second-order valence-corrected chi connectivity index (χ2v) is 3.93. The summed E-state index contributed by atoms with van der Waals surface area (Å²) in [5.41, 5.74) is 13.1. The van der Waals surface area contributed by atoms with Crippen LogP contribution in [-0.2, 0) is 0 Å². The Morgan fingerprint density at radius 2 is 1.95 bits per heavy atom. The van der Waals surface area contributed by atoms with Crippen LogP contribution < -0.4 is 22.1 Å². The maximum atomic E-state index is 5.82. The van der Waals surface area contributed by atoms with Crippen molar-refractivity contribution in [3.63, 3.8) is 0 Å². The van der Waals surface area contributed by atoms with Crippen molar-refractivity contribution in [1.29, 1.82) is 0 Å². The average Bonchev–Trinajstić information content (AvgIpc) is 2.48. The molecule has 102 valence electrons. The quantitative estimate of drug-likeness (QED) is 0.586. The van der Waals surface area contributed by atoms with E-state index in [4.69, 9.17) is 17.9 Å². The van der Waals surface area contributed by atoms with Crippen molar-refractivity contribution in [3.8, 4) is 12.3 Å². The average molecular weight is 269 g/mol. The van der Waals surface area contributed by atoms with E-state index in [0.29, 0.717) is 36.1 Å². The Hall–Kier alpha value is -2.85. The van der Waals surface area contributed by atoms with Gasteiger partial charge >= 0.3 is 0 Å². The number of hydrogen-bond donors (Lipinski definition) is 4. The minimum Gasteiger partial charge on any atom is -0.396 e. The topological polar surface area (TPSA) is 115 Å². The Kier molecular flexibility index (Phi) is 4.32. The van der Waals surface area contributed by atoms with Crippen LogP contribution in [0.2, 0.25) is 0 Å². The van der Waals surface area contributed by atoms with Crippen LogP contribution in [-0.4, -0.2) is 28.0 Å². The van der Waals surface area contributed by atoms with E-state index >= 15 is 0 Å². The van der Waals surface area contributed by atoms with Gasteiger partial charge in [0.2, 0.25) is 0 Å². The summed E-state index contributed by atoms with van der Waals surface area (Å²) in [7, 11) is 0. The summed E-state index contributed by atoms with van der Waals surface area (Å²) >= 11 is 0. The molecule has 2 aromatic heterocycles. The summed E-state index contributed by atoms with van der Waals surface area (Å²) in [6.45, 7) is 1.15. The van der Waals surface area contributed by atoms with Gasteiger partial charge in [-0.15, -0.1) is 6.42 Å². The van der Waals surface area contributed by atoms with Gasteiger partial charge in [-0.05, 0) is 5.92 Å². The fourth-order valence-corrected chi connectivity index (χ4v) is 1.49. The van der Waals surface area contributed by atoms with Gasteiger partial charge < -0.3 is 22.1 Å². The van der Waals surface area contributed by atoms with Crippen LogP contribution in [0, 0.1) is 12.3 Å². The van der Waals surface area contributed by atoms with Crippen molar-refractivity contribution in [1.82, 2.24) is 15.0 Å². The van der Waals surface area contributed by atoms with E-state index in [0.717, 1.165) is 5.69 Å². The Labute approximate surface area is 116 Å². The van der Waals surface area contributed by atoms with E-state index in [1.165, 1.54) is 6.20 Å². The molecule has 0 aliphatic rings. The smallest absolute Gasteiger partial charge is 0.150 e. The second kappa shape index (κ2) is 6.36. The van der Waals surface area contributed by atoms with Gasteiger partial charge in [-0.3, -0.25) is 0 Å². The van der Waals surface area contributed by atoms with Gasteiger partial charge in [0.1, 0.15) is 17.3 Å². The number of anilines is 4. The first-order valence-electron chi connectivity index (χ1n) is 5.98. The van der Waals surface area contributed by atoms with E-state index in [9.17, 15) is 0 Å². The first-order chi connectivity index (χ1) is 9.72. The van der Waals surface area contributed by atoms with Gasteiger partial charge in [0.05, 0.1) is 30.0 Å². The van der Waals surface area contributed by atoms with Crippen LogP contribution in [0.15, 0.2) is 24.7 Å². The van der Waals surface area contributed by atoms with Crippen LogP contribution >= 0.6 is 0 Å². The molecule has 6 N–H and O–H groups in total. The number of rotatable bonds is 5. The van der Waals surface area contributed by atoms with Crippen molar-refractivity contribution in [2.75, 3.05) is 29.5 Å². The van der Waals surface area contributed by atoms with Gasteiger partial charge in [-0.2, -0.15) is 0 Å². The molecule has 0 atom stereocenters. The lowest BCUT2D eigenvalue weighted by molar-refractivity contribution is 1.02. The Bertz CT molecular complexity index is 616. The van der Waals surface area contributed by atoms with Gasteiger partial charge in [0.25, 0.3) is 0 Å². The van der Waals surface area contributed by atoms with Crippen molar-refractivity contribution < 1.29 is 0 Å². The maximum absolute atomic E-state index is 5.82. The zero-order valence-corrected chi connectivity index (χ0v) is 10.8. The van der Waals surface area contributed by atoms with E-state index in [2.05, 4.69) is 31.5 Å². The summed E-state index contributed by atoms with van der Waals surface area (Å²) in [6, 6.07) is 1.78. The molecule has 0 aliphatic heterocycles. The number of nitrogens with one attached hydrogen (secondary N) is 2. The highest BCUT2D eigenvalue weighted by Crippen LogP contribution is 2.21. The second-order valence-electron chi connectivity index (χ2n) is 3.93. The fraction of sp³-hybridized carbons (Fsp3) is 0.154. The molecule has 0 spiro atoms. The lowest BCUT2D eigenvalue weighted by Gasteiger charge is -2.10. The van der Waals surface area contributed by atoms with Crippen molar-refractivity contribution >= 4 is 23.0 Å². The molecule has 0 fully saturated rings. The summed E-state index contributed by atoms with van der Waals surface area (Å²) in [4.78, 5) is 12.3. The first kappa shape index (κ1) is 13.6. The minimum atomic E-state index is 0.478. The molecule has 0 amide bonds. The third-order valence-electron chi connectivity index (χ3n) is 2.45. The Morgan fingerprint density at radius 3 is 2.60 bits per heavy atom. The van der Waals surface area contributed by atoms with Gasteiger partial charge in [0.15, 0.2) is 0 Å². The van der Waals surface area contributed by atoms with E-state index in [1.54, 1.807) is 18.5 Å². The SMILES string of the molecule is C#Cc1cnc(Nc2cc(NCCN)c(N)cn2)cn1. The molecule has 2 aromatic rings. The number of hydrogen-bond acceptors (Lipinski definition) is 7. The maximum Gasteiger partial charge on any atom is 0.150 e. The largest absolute Gasteiger partial charge is 0.396 e. The monoisotopic (exact) mass is 269 g/mol. The molecule has 2 heterocycles. The standard InChI is InChI=1S/C13H15N7/c1-2-9-6-18-13(8-17-9)20-12-5-11(16-4-3-14)10(15)7-19-12/h1,5-8H,3-4,14-15H2,(H2,16,18,19,20). The van der Waals surface area contributed by atoms with E-state index in [-0.39, 0.29) is 0 Å². The highest BCUT2D eigenvalue weighted by molar-refractivity contribution is 5.70. The molecule has 0 bridgehead atoms. The number of nitrogens with two attached hydrogens (primary N) is 2. The number of nitrogen functional groups attached to an aromatic ring is 1. The molecule has 0 saturated heterocycles. The molecule has 0 radical (unpaired) electrons. The minimum absolute atomic E-state index is 0.478. The predicted octanol–water partition coefficient (Wildman–Crippen LogP) is 0.549. The summed E-state index contributed by atoms with van der Waals surface area (Å²) in [6.07, 6.45) is 9.83. The van der Waals surface area contributed by atoms with Crippen molar-refractivity contribution in [3.05, 3.63) is 30.4 Å². The molecule has 0 aromatic carbocycles. The summed E-state index contributed by atoms with van der Waals surface area (Å²) in [5, 5.41) is 6.13. The molecule has 7 heteroatoms. The van der Waals surface area contributed by atoms with Crippen LogP contribution in [0.3, 0.4) is 0 Å².